The molecule has 0 spiro atoms. The molecule has 3 rings (SSSR count). The monoisotopic (exact) mass is 323 g/mol. The molecule has 0 unspecified atom stereocenters. The number of allylic oxidation sites excluding steroid dienone is 1. The Morgan fingerprint density at radius 2 is 1.83 bits per heavy atom. The van der Waals surface area contributed by atoms with Crippen molar-refractivity contribution in [2.45, 2.75) is 12.8 Å². The normalized spacial score (nSPS) is 13.4. The Morgan fingerprint density at radius 1 is 1.00 bits per heavy atom. The Balaban J connectivity index is 1.60. The van der Waals surface area contributed by atoms with E-state index in [1.165, 1.54) is 6.20 Å². The maximum Gasteiger partial charge on any atom is 0.290 e. The molecule has 0 saturated carbocycles. The SMILES string of the molecule is O=C(Nc1ccc(NC(=O)c2ccccc2)nc1)C1=CCCCO1. The van der Waals surface area contributed by atoms with Gasteiger partial charge in [-0.2, -0.15) is 0 Å². The molecular weight excluding hydrogens is 306 g/mol. The lowest BCUT2D eigenvalue weighted by molar-refractivity contribution is -0.116. The number of nitrogens with one attached hydrogen (secondary N) is 2. The molecular formula is C18H17N3O3. The zero-order chi connectivity index (χ0) is 16.8. The third kappa shape index (κ3) is 3.98. The van der Waals surface area contributed by atoms with Crippen molar-refractivity contribution >= 4 is 23.3 Å². The number of rotatable bonds is 4. The molecule has 6 nitrogen and oxygen atoms in total. The minimum Gasteiger partial charge on any atom is -0.488 e. The van der Waals surface area contributed by atoms with Gasteiger partial charge < -0.3 is 15.4 Å². The highest BCUT2D eigenvalue weighted by Gasteiger charge is 2.14. The largest absolute Gasteiger partial charge is 0.488 e. The lowest BCUT2D eigenvalue weighted by Gasteiger charge is -2.14. The van der Waals surface area contributed by atoms with Crippen LogP contribution in [0.15, 0.2) is 60.5 Å². The van der Waals surface area contributed by atoms with Crippen LogP contribution in [0.25, 0.3) is 0 Å². The van der Waals surface area contributed by atoms with Crippen LogP contribution in [0.1, 0.15) is 23.2 Å². The lowest BCUT2D eigenvalue weighted by Crippen LogP contribution is -2.19. The number of hydrogen-bond acceptors (Lipinski definition) is 4. The maximum absolute atomic E-state index is 12.0. The number of amides is 2. The molecule has 0 atom stereocenters. The predicted molar refractivity (Wildman–Crippen MR) is 90.5 cm³/mol. The van der Waals surface area contributed by atoms with Gasteiger partial charge in [0.05, 0.1) is 18.5 Å². The summed E-state index contributed by atoms with van der Waals surface area (Å²) in [6, 6.07) is 12.2. The average molecular weight is 323 g/mol. The molecule has 24 heavy (non-hydrogen) atoms. The number of benzene rings is 1. The van der Waals surface area contributed by atoms with E-state index in [1.807, 2.05) is 6.07 Å². The first-order valence-corrected chi connectivity index (χ1v) is 7.69. The van der Waals surface area contributed by atoms with Crippen molar-refractivity contribution in [1.82, 2.24) is 4.98 Å². The maximum atomic E-state index is 12.0. The number of carbonyl (C=O) groups excluding carboxylic acids is 2. The second kappa shape index (κ2) is 7.41. The Hall–Kier alpha value is -3.15. The molecule has 0 fully saturated rings. The highest BCUT2D eigenvalue weighted by atomic mass is 16.5. The quantitative estimate of drug-likeness (QED) is 0.906. The molecule has 1 aromatic heterocycles. The molecule has 2 heterocycles. The van der Waals surface area contributed by atoms with E-state index < -0.39 is 0 Å². The van der Waals surface area contributed by atoms with Gasteiger partial charge in [0.25, 0.3) is 11.8 Å². The minimum atomic E-state index is -0.294. The molecule has 1 aliphatic heterocycles. The number of anilines is 2. The lowest BCUT2D eigenvalue weighted by atomic mass is 10.2. The number of carbonyl (C=O) groups is 2. The van der Waals surface area contributed by atoms with Crippen LogP contribution in [0.3, 0.4) is 0 Å². The highest BCUT2D eigenvalue weighted by molar-refractivity contribution is 6.04. The molecule has 2 N–H and O–H groups in total. The number of nitrogens with zero attached hydrogens (tertiary/aromatic N) is 1. The topological polar surface area (TPSA) is 80.3 Å². The fraction of sp³-hybridized carbons (Fsp3) is 0.167. The number of aromatic nitrogens is 1. The van der Waals surface area contributed by atoms with Gasteiger partial charge in [-0.3, -0.25) is 9.59 Å². The molecule has 0 bridgehead atoms. The average Bonchev–Trinajstić information content (AvgIpc) is 2.65. The molecule has 6 heteroatoms. The van der Waals surface area contributed by atoms with Gasteiger partial charge >= 0.3 is 0 Å². The fourth-order valence-electron chi connectivity index (χ4n) is 2.23. The molecule has 2 aromatic rings. The first-order chi connectivity index (χ1) is 11.7. The van der Waals surface area contributed by atoms with Gasteiger partial charge in [-0.25, -0.2) is 4.98 Å². The molecule has 1 aliphatic rings. The summed E-state index contributed by atoms with van der Waals surface area (Å²) in [5.41, 5.74) is 1.09. The zero-order valence-electron chi connectivity index (χ0n) is 13.0. The van der Waals surface area contributed by atoms with Crippen molar-refractivity contribution in [2.24, 2.45) is 0 Å². The van der Waals surface area contributed by atoms with E-state index in [2.05, 4.69) is 15.6 Å². The molecule has 1 aromatic carbocycles. The van der Waals surface area contributed by atoms with Crippen LogP contribution in [0.2, 0.25) is 0 Å². The van der Waals surface area contributed by atoms with Crippen LogP contribution in [-0.4, -0.2) is 23.4 Å². The van der Waals surface area contributed by atoms with Crippen LogP contribution in [0.4, 0.5) is 11.5 Å². The van der Waals surface area contributed by atoms with Crippen LogP contribution in [0.5, 0.6) is 0 Å². The summed E-state index contributed by atoms with van der Waals surface area (Å²) in [5.74, 6) is 0.218. The molecule has 122 valence electrons. The van der Waals surface area contributed by atoms with E-state index in [4.69, 9.17) is 4.74 Å². The minimum absolute atomic E-state index is 0.236. The van der Waals surface area contributed by atoms with E-state index >= 15 is 0 Å². The van der Waals surface area contributed by atoms with E-state index in [0.717, 1.165) is 12.8 Å². The summed E-state index contributed by atoms with van der Waals surface area (Å²) in [6.45, 7) is 0.557. The van der Waals surface area contributed by atoms with Crippen molar-refractivity contribution in [2.75, 3.05) is 17.2 Å². The Morgan fingerprint density at radius 3 is 2.50 bits per heavy atom. The number of hydrogen-bond donors (Lipinski definition) is 2. The van der Waals surface area contributed by atoms with Crippen LogP contribution in [0, 0.1) is 0 Å². The standard InChI is InChI=1S/C18H17N3O3/c22-17(13-6-2-1-3-7-13)21-16-10-9-14(12-19-16)20-18(23)15-8-4-5-11-24-15/h1-3,6-10,12H,4-5,11H2,(H,20,23)(H,19,21,22). The predicted octanol–water partition coefficient (Wildman–Crippen LogP) is 2.97. The number of ether oxygens (including phenoxy) is 1. The van der Waals surface area contributed by atoms with Crippen LogP contribution >= 0.6 is 0 Å². The zero-order valence-corrected chi connectivity index (χ0v) is 13.0. The fourth-order valence-corrected chi connectivity index (χ4v) is 2.23. The summed E-state index contributed by atoms with van der Waals surface area (Å²) in [6.07, 6.45) is 5.03. The van der Waals surface area contributed by atoms with E-state index in [9.17, 15) is 9.59 Å². The van der Waals surface area contributed by atoms with E-state index in [0.29, 0.717) is 29.4 Å². The first-order valence-electron chi connectivity index (χ1n) is 7.69. The summed E-state index contributed by atoms with van der Waals surface area (Å²) in [5, 5.41) is 5.42. The Bertz CT molecular complexity index is 755. The first kappa shape index (κ1) is 15.7. The van der Waals surface area contributed by atoms with E-state index in [1.54, 1.807) is 42.5 Å². The second-order valence-electron chi connectivity index (χ2n) is 5.27. The van der Waals surface area contributed by atoms with Gasteiger partial charge in [0.1, 0.15) is 5.82 Å². The Labute approximate surface area is 139 Å². The van der Waals surface area contributed by atoms with Gasteiger partial charge in [0, 0.05) is 5.56 Å². The van der Waals surface area contributed by atoms with E-state index in [-0.39, 0.29) is 11.8 Å². The van der Waals surface area contributed by atoms with Gasteiger partial charge in [-0.1, -0.05) is 18.2 Å². The smallest absolute Gasteiger partial charge is 0.290 e. The molecule has 0 aliphatic carbocycles. The van der Waals surface area contributed by atoms with Crippen LogP contribution < -0.4 is 10.6 Å². The highest BCUT2D eigenvalue weighted by Crippen LogP contribution is 2.15. The van der Waals surface area contributed by atoms with Gasteiger partial charge in [-0.05, 0) is 43.2 Å². The van der Waals surface area contributed by atoms with Crippen molar-refractivity contribution < 1.29 is 14.3 Å². The Kier molecular flexibility index (Phi) is 4.86. The summed E-state index contributed by atoms with van der Waals surface area (Å²) >= 11 is 0. The summed E-state index contributed by atoms with van der Waals surface area (Å²) in [4.78, 5) is 28.2. The van der Waals surface area contributed by atoms with Crippen molar-refractivity contribution in [3.8, 4) is 0 Å². The molecule has 0 saturated heterocycles. The summed E-state index contributed by atoms with van der Waals surface area (Å²) in [7, 11) is 0. The third-order valence-electron chi connectivity index (χ3n) is 3.46. The van der Waals surface area contributed by atoms with Gasteiger partial charge in [-0.15, -0.1) is 0 Å². The van der Waals surface area contributed by atoms with Gasteiger partial charge in [0.2, 0.25) is 0 Å². The third-order valence-corrected chi connectivity index (χ3v) is 3.46. The molecule has 0 radical (unpaired) electrons. The summed E-state index contributed by atoms with van der Waals surface area (Å²) < 4.78 is 5.31. The molecule has 2 amide bonds. The van der Waals surface area contributed by atoms with Crippen molar-refractivity contribution in [1.29, 1.82) is 0 Å². The van der Waals surface area contributed by atoms with Crippen molar-refractivity contribution in [3.63, 3.8) is 0 Å². The van der Waals surface area contributed by atoms with Crippen LogP contribution in [-0.2, 0) is 9.53 Å². The number of pyridine rings is 1. The second-order valence-corrected chi connectivity index (χ2v) is 5.27. The van der Waals surface area contributed by atoms with Gasteiger partial charge in [0.15, 0.2) is 5.76 Å². The van der Waals surface area contributed by atoms with Crippen molar-refractivity contribution in [3.05, 3.63) is 66.1 Å².